The van der Waals surface area contributed by atoms with Crippen LogP contribution in [0.1, 0.15) is 11.1 Å². The number of pyridine rings is 2. The second-order valence-corrected chi connectivity index (χ2v) is 5.03. The van der Waals surface area contributed by atoms with Crippen LogP contribution < -0.4 is 0 Å². The van der Waals surface area contributed by atoms with E-state index in [1.165, 1.54) is 12.1 Å². The molecular formula is C18H14F2N2. The van der Waals surface area contributed by atoms with E-state index in [0.29, 0.717) is 11.3 Å². The Labute approximate surface area is 127 Å². The van der Waals surface area contributed by atoms with Gasteiger partial charge in [0.25, 0.3) is 0 Å². The summed E-state index contributed by atoms with van der Waals surface area (Å²) in [5.41, 5.74) is 3.14. The lowest BCUT2D eigenvalue weighted by atomic mass is 10.00. The summed E-state index contributed by atoms with van der Waals surface area (Å²) in [5, 5.41) is 0. The highest BCUT2D eigenvalue weighted by Crippen LogP contribution is 2.24. The second-order valence-electron chi connectivity index (χ2n) is 5.03. The fourth-order valence-corrected chi connectivity index (χ4v) is 2.42. The van der Waals surface area contributed by atoms with Gasteiger partial charge in [0, 0.05) is 30.2 Å². The van der Waals surface area contributed by atoms with Crippen LogP contribution in [0, 0.1) is 11.6 Å². The van der Waals surface area contributed by atoms with E-state index in [9.17, 15) is 8.78 Å². The quantitative estimate of drug-likeness (QED) is 0.721. The fraction of sp³-hybridized carbons (Fsp3) is 0.111. The Morgan fingerprint density at radius 2 is 1.64 bits per heavy atom. The molecule has 0 amide bonds. The van der Waals surface area contributed by atoms with Gasteiger partial charge in [0.15, 0.2) is 0 Å². The van der Waals surface area contributed by atoms with Crippen molar-refractivity contribution in [1.82, 2.24) is 9.97 Å². The van der Waals surface area contributed by atoms with Crippen LogP contribution in [0.25, 0.3) is 11.3 Å². The molecule has 4 heteroatoms. The number of aromatic nitrogens is 2. The van der Waals surface area contributed by atoms with Gasteiger partial charge in [-0.1, -0.05) is 12.1 Å². The van der Waals surface area contributed by atoms with Gasteiger partial charge in [-0.2, -0.15) is 0 Å². The zero-order chi connectivity index (χ0) is 15.4. The molecule has 0 aliphatic carbocycles. The van der Waals surface area contributed by atoms with Crippen molar-refractivity contribution >= 4 is 0 Å². The van der Waals surface area contributed by atoms with Crippen molar-refractivity contribution in [3.8, 4) is 11.3 Å². The van der Waals surface area contributed by atoms with E-state index in [1.54, 1.807) is 12.4 Å². The third kappa shape index (κ3) is 3.34. The van der Waals surface area contributed by atoms with Gasteiger partial charge >= 0.3 is 0 Å². The first-order chi connectivity index (χ1) is 10.7. The Morgan fingerprint density at radius 1 is 0.864 bits per heavy atom. The monoisotopic (exact) mass is 296 g/mol. The highest BCUT2D eigenvalue weighted by Gasteiger charge is 2.09. The number of rotatable bonds is 4. The molecule has 0 aliphatic heterocycles. The van der Waals surface area contributed by atoms with Gasteiger partial charge in [-0.05, 0) is 48.2 Å². The zero-order valence-corrected chi connectivity index (χ0v) is 11.8. The highest BCUT2D eigenvalue weighted by atomic mass is 19.1. The molecule has 2 nitrogen and oxygen atoms in total. The van der Waals surface area contributed by atoms with Crippen LogP contribution in [-0.2, 0) is 12.8 Å². The van der Waals surface area contributed by atoms with Crippen LogP contribution in [0.4, 0.5) is 8.78 Å². The van der Waals surface area contributed by atoms with Gasteiger partial charge in [0.05, 0.1) is 5.69 Å². The summed E-state index contributed by atoms with van der Waals surface area (Å²) >= 11 is 0. The van der Waals surface area contributed by atoms with Crippen LogP contribution in [0.2, 0.25) is 0 Å². The van der Waals surface area contributed by atoms with Gasteiger partial charge < -0.3 is 0 Å². The first-order valence-corrected chi connectivity index (χ1v) is 7.01. The summed E-state index contributed by atoms with van der Waals surface area (Å²) in [6, 6.07) is 11.1. The average molecular weight is 296 g/mol. The first-order valence-electron chi connectivity index (χ1n) is 7.01. The maximum absolute atomic E-state index is 13.4. The molecule has 1 aromatic carbocycles. The molecule has 22 heavy (non-hydrogen) atoms. The third-order valence-corrected chi connectivity index (χ3v) is 3.43. The highest BCUT2D eigenvalue weighted by molar-refractivity contribution is 5.63. The molecule has 0 bridgehead atoms. The van der Waals surface area contributed by atoms with E-state index in [4.69, 9.17) is 0 Å². The van der Waals surface area contributed by atoms with Crippen molar-refractivity contribution in [3.05, 3.63) is 83.8 Å². The summed E-state index contributed by atoms with van der Waals surface area (Å²) in [4.78, 5) is 8.38. The van der Waals surface area contributed by atoms with Crippen LogP contribution in [0.3, 0.4) is 0 Å². The molecule has 3 aromatic rings. The maximum atomic E-state index is 13.4. The summed E-state index contributed by atoms with van der Waals surface area (Å²) in [6.45, 7) is 0. The van der Waals surface area contributed by atoms with E-state index < -0.39 is 11.6 Å². The minimum Gasteiger partial charge on any atom is -0.264 e. The maximum Gasteiger partial charge on any atom is 0.126 e. The van der Waals surface area contributed by atoms with Crippen LogP contribution in [-0.4, -0.2) is 9.97 Å². The Kier molecular flexibility index (Phi) is 4.19. The summed E-state index contributed by atoms with van der Waals surface area (Å²) in [5.74, 6) is -1.20. The number of halogens is 2. The predicted octanol–water partition coefficient (Wildman–Crippen LogP) is 4.21. The van der Waals surface area contributed by atoms with Crippen molar-refractivity contribution in [2.45, 2.75) is 12.8 Å². The summed E-state index contributed by atoms with van der Waals surface area (Å²) in [7, 11) is 0. The molecule has 0 saturated carbocycles. The molecule has 0 unspecified atom stereocenters. The molecule has 2 heterocycles. The molecule has 0 fully saturated rings. The largest absolute Gasteiger partial charge is 0.264 e. The van der Waals surface area contributed by atoms with Gasteiger partial charge in [-0.25, -0.2) is 8.78 Å². The van der Waals surface area contributed by atoms with Crippen molar-refractivity contribution < 1.29 is 8.78 Å². The van der Waals surface area contributed by atoms with Gasteiger partial charge in [0.1, 0.15) is 11.6 Å². The molecule has 0 radical (unpaired) electrons. The molecule has 0 N–H and O–H groups in total. The number of hydrogen-bond donors (Lipinski definition) is 0. The Bertz CT molecular complexity index is 753. The lowest BCUT2D eigenvalue weighted by Gasteiger charge is -2.09. The van der Waals surface area contributed by atoms with E-state index in [-0.39, 0.29) is 0 Å². The molecule has 0 spiro atoms. The van der Waals surface area contributed by atoms with Crippen LogP contribution in [0.15, 0.2) is 61.1 Å². The van der Waals surface area contributed by atoms with E-state index in [2.05, 4.69) is 9.97 Å². The molecule has 3 rings (SSSR count). The van der Waals surface area contributed by atoms with Crippen molar-refractivity contribution in [1.29, 1.82) is 0 Å². The molecule has 110 valence electrons. The standard InChI is InChI=1S/C18H14F2N2/c19-16-9-15(10-17(20)11-16)18-14(4-2-8-22-18)6-5-13-3-1-7-21-12-13/h1-4,7-12H,5-6H2. The molecule has 0 aliphatic rings. The van der Waals surface area contributed by atoms with E-state index in [0.717, 1.165) is 30.0 Å². The fourth-order valence-electron chi connectivity index (χ4n) is 2.42. The SMILES string of the molecule is Fc1cc(F)cc(-c2ncccc2CCc2cccnc2)c1. The number of aryl methyl sites for hydroxylation is 2. The first kappa shape index (κ1) is 14.3. The van der Waals surface area contributed by atoms with Crippen molar-refractivity contribution in [2.75, 3.05) is 0 Å². The zero-order valence-electron chi connectivity index (χ0n) is 11.8. The number of nitrogens with zero attached hydrogens (tertiary/aromatic N) is 2. The second kappa shape index (κ2) is 6.43. The normalized spacial score (nSPS) is 10.6. The summed E-state index contributed by atoms with van der Waals surface area (Å²) in [6.07, 6.45) is 6.70. The number of benzene rings is 1. The molecule has 0 atom stereocenters. The van der Waals surface area contributed by atoms with Gasteiger partial charge in [0.2, 0.25) is 0 Å². The van der Waals surface area contributed by atoms with E-state index >= 15 is 0 Å². The smallest absolute Gasteiger partial charge is 0.126 e. The lowest BCUT2D eigenvalue weighted by Crippen LogP contribution is -1.97. The molecular weight excluding hydrogens is 282 g/mol. The van der Waals surface area contributed by atoms with Crippen molar-refractivity contribution in [2.24, 2.45) is 0 Å². The number of hydrogen-bond acceptors (Lipinski definition) is 2. The van der Waals surface area contributed by atoms with Crippen LogP contribution >= 0.6 is 0 Å². The average Bonchev–Trinajstić information content (AvgIpc) is 2.53. The molecule has 2 aromatic heterocycles. The van der Waals surface area contributed by atoms with Crippen molar-refractivity contribution in [3.63, 3.8) is 0 Å². The molecule has 0 saturated heterocycles. The van der Waals surface area contributed by atoms with Gasteiger partial charge in [-0.15, -0.1) is 0 Å². The Morgan fingerprint density at radius 3 is 2.36 bits per heavy atom. The minimum absolute atomic E-state index is 0.458. The topological polar surface area (TPSA) is 25.8 Å². The van der Waals surface area contributed by atoms with E-state index in [1.807, 2.05) is 30.5 Å². The van der Waals surface area contributed by atoms with Gasteiger partial charge in [-0.3, -0.25) is 9.97 Å². The minimum atomic E-state index is -0.598. The predicted molar refractivity (Wildman–Crippen MR) is 81.2 cm³/mol. The lowest BCUT2D eigenvalue weighted by molar-refractivity contribution is 0.584. The van der Waals surface area contributed by atoms with Crippen LogP contribution in [0.5, 0.6) is 0 Å². The Balaban J connectivity index is 1.89. The third-order valence-electron chi connectivity index (χ3n) is 3.43. The Hall–Kier alpha value is -2.62. The summed E-state index contributed by atoms with van der Waals surface area (Å²) < 4.78 is 26.8.